The van der Waals surface area contributed by atoms with Crippen LogP contribution in [0.1, 0.15) is 24.5 Å². The van der Waals surface area contributed by atoms with Crippen molar-refractivity contribution in [1.82, 2.24) is 10.3 Å². The minimum Gasteiger partial charge on any atom is -0.373 e. The Kier molecular flexibility index (Phi) is 3.88. The Bertz CT molecular complexity index is 392. The first-order chi connectivity index (χ1) is 8.29. The second-order valence-electron chi connectivity index (χ2n) is 4.07. The van der Waals surface area contributed by atoms with E-state index in [-0.39, 0.29) is 18.1 Å². The first-order valence-corrected chi connectivity index (χ1v) is 5.74. The summed E-state index contributed by atoms with van der Waals surface area (Å²) in [6, 6.07) is 4.05. The first-order valence-electron chi connectivity index (χ1n) is 5.74. The molecule has 0 aromatic carbocycles. The zero-order valence-electron chi connectivity index (χ0n) is 9.63. The molecule has 4 nitrogen and oxygen atoms in total. The van der Waals surface area contributed by atoms with E-state index in [1.54, 1.807) is 12.4 Å². The monoisotopic (exact) mass is 232 g/mol. The molecule has 1 N–H and O–H groups in total. The van der Waals surface area contributed by atoms with E-state index in [0.717, 1.165) is 18.4 Å². The van der Waals surface area contributed by atoms with E-state index in [1.165, 1.54) is 6.08 Å². The van der Waals surface area contributed by atoms with Crippen LogP contribution in [0, 0.1) is 0 Å². The fourth-order valence-corrected chi connectivity index (χ4v) is 2.00. The normalized spacial score (nSPS) is 24.0. The molecule has 0 bridgehead atoms. The van der Waals surface area contributed by atoms with Crippen LogP contribution in [0.25, 0.3) is 0 Å². The fourth-order valence-electron chi connectivity index (χ4n) is 2.00. The summed E-state index contributed by atoms with van der Waals surface area (Å²) in [7, 11) is 0. The minimum atomic E-state index is -0.120. The zero-order chi connectivity index (χ0) is 12.1. The lowest BCUT2D eigenvalue weighted by molar-refractivity contribution is -0.118. The molecule has 0 radical (unpaired) electrons. The van der Waals surface area contributed by atoms with Crippen molar-refractivity contribution >= 4 is 5.91 Å². The number of carbonyl (C=O) groups excluding carboxylic acids is 1. The quantitative estimate of drug-likeness (QED) is 0.805. The summed E-state index contributed by atoms with van der Waals surface area (Å²) in [5, 5.41) is 2.92. The second kappa shape index (κ2) is 5.59. The van der Waals surface area contributed by atoms with Gasteiger partial charge in [0.25, 0.3) is 0 Å². The Balaban J connectivity index is 1.97. The number of nitrogens with zero attached hydrogens (tertiary/aromatic N) is 1. The third-order valence-corrected chi connectivity index (χ3v) is 2.89. The Morgan fingerprint density at radius 2 is 2.29 bits per heavy atom. The molecule has 17 heavy (non-hydrogen) atoms. The van der Waals surface area contributed by atoms with Crippen molar-refractivity contribution in [3.05, 3.63) is 42.7 Å². The van der Waals surface area contributed by atoms with Gasteiger partial charge in [-0.05, 0) is 36.6 Å². The number of pyridine rings is 1. The predicted molar refractivity (Wildman–Crippen MR) is 64.3 cm³/mol. The van der Waals surface area contributed by atoms with Gasteiger partial charge in [0.2, 0.25) is 5.91 Å². The van der Waals surface area contributed by atoms with E-state index in [2.05, 4.69) is 16.9 Å². The lowest BCUT2D eigenvalue weighted by Crippen LogP contribution is -2.39. The maximum atomic E-state index is 11.2. The van der Waals surface area contributed by atoms with Crippen LogP contribution in [0.5, 0.6) is 0 Å². The van der Waals surface area contributed by atoms with Crippen molar-refractivity contribution in [3.63, 3.8) is 0 Å². The lowest BCUT2D eigenvalue weighted by Gasteiger charge is -2.30. The maximum absolute atomic E-state index is 11.2. The van der Waals surface area contributed by atoms with Crippen molar-refractivity contribution in [2.75, 3.05) is 6.61 Å². The van der Waals surface area contributed by atoms with Crippen LogP contribution in [0.2, 0.25) is 0 Å². The molecule has 0 aliphatic carbocycles. The van der Waals surface area contributed by atoms with Crippen LogP contribution in [-0.4, -0.2) is 23.5 Å². The molecule has 90 valence electrons. The van der Waals surface area contributed by atoms with Gasteiger partial charge < -0.3 is 10.1 Å². The molecule has 0 spiro atoms. The Morgan fingerprint density at radius 1 is 1.53 bits per heavy atom. The van der Waals surface area contributed by atoms with Gasteiger partial charge in [-0.1, -0.05) is 6.58 Å². The molecule has 2 heterocycles. The summed E-state index contributed by atoms with van der Waals surface area (Å²) in [6.45, 7) is 4.11. The fraction of sp³-hybridized carbons (Fsp3) is 0.385. The molecule has 1 fully saturated rings. The number of hydrogen-bond donors (Lipinski definition) is 1. The van der Waals surface area contributed by atoms with E-state index in [1.807, 2.05) is 12.1 Å². The summed E-state index contributed by atoms with van der Waals surface area (Å²) >= 11 is 0. The van der Waals surface area contributed by atoms with Gasteiger partial charge in [0, 0.05) is 25.0 Å². The first kappa shape index (κ1) is 11.8. The van der Waals surface area contributed by atoms with Crippen LogP contribution in [0.15, 0.2) is 37.2 Å². The highest BCUT2D eigenvalue weighted by atomic mass is 16.5. The number of aromatic nitrogens is 1. The second-order valence-corrected chi connectivity index (χ2v) is 4.07. The van der Waals surface area contributed by atoms with Crippen LogP contribution in [0.4, 0.5) is 0 Å². The number of carbonyl (C=O) groups is 1. The highest BCUT2D eigenvalue weighted by Crippen LogP contribution is 2.27. The van der Waals surface area contributed by atoms with E-state index in [9.17, 15) is 4.79 Å². The smallest absolute Gasteiger partial charge is 0.243 e. The van der Waals surface area contributed by atoms with Crippen LogP contribution in [-0.2, 0) is 9.53 Å². The van der Waals surface area contributed by atoms with Gasteiger partial charge in [-0.3, -0.25) is 9.78 Å². The molecule has 0 saturated carbocycles. The molecule has 2 unspecified atom stereocenters. The average Bonchev–Trinajstić information content (AvgIpc) is 2.40. The molecular weight excluding hydrogens is 216 g/mol. The molecule has 1 aliphatic rings. The Morgan fingerprint density at radius 3 is 3.00 bits per heavy atom. The molecule has 4 heteroatoms. The highest BCUT2D eigenvalue weighted by molar-refractivity contribution is 5.87. The number of rotatable bonds is 3. The van der Waals surface area contributed by atoms with Gasteiger partial charge in [0.1, 0.15) is 0 Å². The molecule has 1 saturated heterocycles. The van der Waals surface area contributed by atoms with E-state index in [0.29, 0.717) is 6.61 Å². The van der Waals surface area contributed by atoms with Crippen molar-refractivity contribution in [1.29, 1.82) is 0 Å². The largest absolute Gasteiger partial charge is 0.373 e. The maximum Gasteiger partial charge on any atom is 0.243 e. The summed E-state index contributed by atoms with van der Waals surface area (Å²) < 4.78 is 5.70. The van der Waals surface area contributed by atoms with Crippen molar-refractivity contribution < 1.29 is 9.53 Å². The standard InChI is InChI=1S/C13H16N2O2/c1-2-13(16)15-11-5-8-17-12(9-11)10-3-6-14-7-4-10/h2-4,6-7,11-12H,1,5,8-9H2,(H,15,16). The van der Waals surface area contributed by atoms with Crippen molar-refractivity contribution in [2.24, 2.45) is 0 Å². The Labute approximate surface area is 101 Å². The molecule has 1 aliphatic heterocycles. The SMILES string of the molecule is C=CC(=O)NC1CCOC(c2ccncc2)C1. The number of amides is 1. The van der Waals surface area contributed by atoms with Crippen LogP contribution < -0.4 is 5.32 Å². The van der Waals surface area contributed by atoms with Crippen molar-refractivity contribution in [3.8, 4) is 0 Å². The van der Waals surface area contributed by atoms with Crippen LogP contribution in [0.3, 0.4) is 0 Å². The molecule has 1 amide bonds. The van der Waals surface area contributed by atoms with E-state index in [4.69, 9.17) is 4.74 Å². The zero-order valence-corrected chi connectivity index (χ0v) is 9.63. The number of nitrogens with one attached hydrogen (secondary N) is 1. The number of ether oxygens (including phenoxy) is 1. The third kappa shape index (κ3) is 3.14. The third-order valence-electron chi connectivity index (χ3n) is 2.89. The van der Waals surface area contributed by atoms with Crippen molar-refractivity contribution in [2.45, 2.75) is 25.0 Å². The predicted octanol–water partition coefficient (Wildman–Crippen LogP) is 1.60. The Hall–Kier alpha value is -1.68. The summed E-state index contributed by atoms with van der Waals surface area (Å²) in [6.07, 6.45) is 6.50. The molecule has 1 aromatic rings. The van der Waals surface area contributed by atoms with Gasteiger partial charge in [0.05, 0.1) is 6.10 Å². The summed E-state index contributed by atoms with van der Waals surface area (Å²) in [5.74, 6) is -0.120. The molecular formula is C13H16N2O2. The summed E-state index contributed by atoms with van der Waals surface area (Å²) in [5.41, 5.74) is 1.11. The van der Waals surface area contributed by atoms with Gasteiger partial charge in [-0.2, -0.15) is 0 Å². The van der Waals surface area contributed by atoms with Gasteiger partial charge in [-0.15, -0.1) is 0 Å². The van der Waals surface area contributed by atoms with Gasteiger partial charge in [0.15, 0.2) is 0 Å². The highest BCUT2D eigenvalue weighted by Gasteiger charge is 2.24. The topological polar surface area (TPSA) is 51.2 Å². The van der Waals surface area contributed by atoms with Crippen LogP contribution >= 0.6 is 0 Å². The summed E-state index contributed by atoms with van der Waals surface area (Å²) in [4.78, 5) is 15.2. The molecule has 2 rings (SSSR count). The number of hydrogen-bond acceptors (Lipinski definition) is 3. The average molecular weight is 232 g/mol. The lowest BCUT2D eigenvalue weighted by atomic mass is 9.98. The van der Waals surface area contributed by atoms with E-state index >= 15 is 0 Å². The van der Waals surface area contributed by atoms with E-state index < -0.39 is 0 Å². The molecule has 2 atom stereocenters. The van der Waals surface area contributed by atoms with Gasteiger partial charge in [-0.25, -0.2) is 0 Å². The molecule has 1 aromatic heterocycles. The van der Waals surface area contributed by atoms with Gasteiger partial charge >= 0.3 is 0 Å². The minimum absolute atomic E-state index is 0.0434.